The van der Waals surface area contributed by atoms with Crippen LogP contribution in [-0.2, 0) is 11.3 Å². The molecule has 3 saturated heterocycles. The molecule has 208 valence electrons. The van der Waals surface area contributed by atoms with Crippen molar-refractivity contribution in [2.24, 2.45) is 0 Å². The molecule has 0 N–H and O–H groups in total. The van der Waals surface area contributed by atoms with E-state index >= 15 is 0 Å². The van der Waals surface area contributed by atoms with Gasteiger partial charge in [0.15, 0.2) is 0 Å². The Bertz CT molecular complexity index is 945. The summed E-state index contributed by atoms with van der Waals surface area (Å²) >= 11 is 6.76. The van der Waals surface area contributed by atoms with Crippen LogP contribution in [0.25, 0.3) is 0 Å². The van der Waals surface area contributed by atoms with Crippen molar-refractivity contribution in [1.82, 2.24) is 9.80 Å². The highest BCUT2D eigenvalue weighted by Gasteiger charge is 2.60. The largest absolute Gasteiger partial charge is 0.434 e. The molecule has 1 aromatic carbocycles. The number of amides is 1. The Hall–Kier alpha value is -1.95. The van der Waals surface area contributed by atoms with Crippen molar-refractivity contribution in [3.8, 4) is 0 Å². The number of ether oxygens (including phenoxy) is 1. The fraction of sp³-hybridized carbons (Fsp3) is 0.708. The van der Waals surface area contributed by atoms with Crippen molar-refractivity contribution in [3.05, 3.63) is 28.8 Å². The lowest BCUT2D eigenvalue weighted by Gasteiger charge is -2.45. The normalized spacial score (nSPS) is 21.8. The lowest BCUT2D eigenvalue weighted by Crippen LogP contribution is -2.54. The van der Waals surface area contributed by atoms with E-state index in [9.17, 15) is 35.5 Å². The standard InChI is InChI=1S/C24H29ClF7N3O2/c25-19-16(3-1-4-18(19)33-11-5-17(26)6-12-33)15-35-10-2-7-22(35)8-13-34(14-9-22)21(36)37-20(23(27,28)29)24(30,31)32/h1,3-4,17,20H,2,5-15H2. The van der Waals surface area contributed by atoms with Crippen molar-refractivity contribution < 1.29 is 40.3 Å². The molecular weight excluding hydrogens is 531 g/mol. The summed E-state index contributed by atoms with van der Waals surface area (Å²) in [7, 11) is 0. The number of piperidine rings is 2. The third kappa shape index (κ3) is 6.21. The van der Waals surface area contributed by atoms with Gasteiger partial charge in [-0.1, -0.05) is 23.7 Å². The SMILES string of the molecule is O=C(OC(C(F)(F)F)C(F)(F)F)N1CCC2(CCCN2Cc2cccc(N3CCC(F)CC3)c2Cl)CC1. The zero-order chi connectivity index (χ0) is 27.0. The number of hydrogen-bond acceptors (Lipinski definition) is 4. The molecule has 37 heavy (non-hydrogen) atoms. The van der Waals surface area contributed by atoms with E-state index in [4.69, 9.17) is 11.6 Å². The maximum absolute atomic E-state index is 13.6. The average molecular weight is 560 g/mol. The summed E-state index contributed by atoms with van der Waals surface area (Å²) in [6, 6.07) is 5.72. The Morgan fingerprint density at radius 2 is 1.62 bits per heavy atom. The summed E-state index contributed by atoms with van der Waals surface area (Å²) in [6.07, 6.45) is -14.7. The van der Waals surface area contributed by atoms with Gasteiger partial charge in [-0.2, -0.15) is 26.3 Å². The highest BCUT2D eigenvalue weighted by molar-refractivity contribution is 6.34. The van der Waals surface area contributed by atoms with Crippen molar-refractivity contribution in [3.63, 3.8) is 0 Å². The van der Waals surface area contributed by atoms with Gasteiger partial charge in [-0.3, -0.25) is 4.90 Å². The molecule has 0 saturated carbocycles. The Morgan fingerprint density at radius 3 is 2.22 bits per heavy atom. The van der Waals surface area contributed by atoms with Gasteiger partial charge in [0.25, 0.3) is 6.10 Å². The Labute approximate surface area is 215 Å². The van der Waals surface area contributed by atoms with Crippen LogP contribution in [0, 0.1) is 0 Å². The van der Waals surface area contributed by atoms with Gasteiger partial charge in [0.2, 0.25) is 0 Å². The molecule has 0 aliphatic carbocycles. The molecule has 1 amide bonds. The van der Waals surface area contributed by atoms with Crippen LogP contribution in [0.4, 0.5) is 41.2 Å². The first-order valence-electron chi connectivity index (χ1n) is 12.3. The smallest absolute Gasteiger partial charge is 0.426 e. The molecule has 3 heterocycles. The second kappa shape index (κ2) is 10.7. The second-order valence-corrected chi connectivity index (χ2v) is 10.4. The number of rotatable bonds is 4. The molecule has 3 aliphatic rings. The summed E-state index contributed by atoms with van der Waals surface area (Å²) in [5.41, 5.74) is 1.40. The van der Waals surface area contributed by atoms with Gasteiger partial charge in [0.05, 0.1) is 10.7 Å². The minimum atomic E-state index is -5.75. The molecule has 3 fully saturated rings. The zero-order valence-corrected chi connectivity index (χ0v) is 20.8. The van der Waals surface area contributed by atoms with E-state index in [-0.39, 0.29) is 18.6 Å². The number of nitrogens with zero attached hydrogens (tertiary/aromatic N) is 3. The number of carbonyl (C=O) groups is 1. The average Bonchev–Trinajstić information content (AvgIpc) is 3.19. The van der Waals surface area contributed by atoms with E-state index in [0.717, 1.165) is 35.5 Å². The monoisotopic (exact) mass is 559 g/mol. The summed E-state index contributed by atoms with van der Waals surface area (Å²) in [4.78, 5) is 17.4. The maximum Gasteiger partial charge on any atom is 0.434 e. The van der Waals surface area contributed by atoms with E-state index < -0.39 is 30.7 Å². The highest BCUT2D eigenvalue weighted by atomic mass is 35.5. The van der Waals surface area contributed by atoms with Gasteiger partial charge in [-0.15, -0.1) is 0 Å². The van der Waals surface area contributed by atoms with Crippen LogP contribution in [0.3, 0.4) is 0 Å². The third-order valence-corrected chi connectivity index (χ3v) is 8.13. The van der Waals surface area contributed by atoms with Crippen LogP contribution in [0.1, 0.15) is 44.1 Å². The minimum Gasteiger partial charge on any atom is -0.426 e. The van der Waals surface area contributed by atoms with Crippen molar-refractivity contribution in [2.75, 3.05) is 37.6 Å². The number of anilines is 1. The summed E-state index contributed by atoms with van der Waals surface area (Å²) in [5, 5.41) is 0.591. The van der Waals surface area contributed by atoms with Crippen LogP contribution < -0.4 is 4.90 Å². The number of alkyl halides is 7. The molecule has 1 aromatic rings. The molecule has 0 atom stereocenters. The van der Waals surface area contributed by atoms with Gasteiger partial charge in [-0.25, -0.2) is 9.18 Å². The second-order valence-electron chi connectivity index (χ2n) is 10.00. The van der Waals surface area contributed by atoms with Crippen molar-refractivity contribution in [2.45, 2.75) is 75.2 Å². The molecule has 5 nitrogen and oxygen atoms in total. The lowest BCUT2D eigenvalue weighted by molar-refractivity contribution is -0.308. The topological polar surface area (TPSA) is 36.0 Å². The number of likely N-dealkylation sites (tertiary alicyclic amines) is 2. The lowest BCUT2D eigenvalue weighted by atomic mass is 9.85. The number of halogens is 8. The van der Waals surface area contributed by atoms with E-state index in [0.29, 0.717) is 50.3 Å². The minimum absolute atomic E-state index is 0.0102. The van der Waals surface area contributed by atoms with Gasteiger partial charge >= 0.3 is 18.4 Å². The van der Waals surface area contributed by atoms with Crippen molar-refractivity contribution in [1.29, 1.82) is 0 Å². The van der Waals surface area contributed by atoms with Gasteiger partial charge in [0, 0.05) is 38.3 Å². The third-order valence-electron chi connectivity index (χ3n) is 7.69. The molecule has 4 rings (SSSR count). The van der Waals surface area contributed by atoms with Crippen LogP contribution in [0.2, 0.25) is 5.02 Å². The molecule has 0 bridgehead atoms. The van der Waals surface area contributed by atoms with Crippen LogP contribution >= 0.6 is 11.6 Å². The van der Waals surface area contributed by atoms with Crippen LogP contribution in [0.5, 0.6) is 0 Å². The Morgan fingerprint density at radius 1 is 1.00 bits per heavy atom. The van der Waals surface area contributed by atoms with Gasteiger partial charge in [0.1, 0.15) is 6.17 Å². The molecular formula is C24H29ClF7N3O2. The van der Waals surface area contributed by atoms with E-state index in [1.807, 2.05) is 18.2 Å². The van der Waals surface area contributed by atoms with E-state index in [1.165, 1.54) is 0 Å². The maximum atomic E-state index is 13.6. The quantitative estimate of drug-likeness (QED) is 0.404. The summed E-state index contributed by atoms with van der Waals surface area (Å²) in [6.45, 7) is 2.40. The Kier molecular flexibility index (Phi) is 8.09. The predicted octanol–water partition coefficient (Wildman–Crippen LogP) is 6.34. The van der Waals surface area contributed by atoms with Gasteiger partial charge < -0.3 is 14.5 Å². The van der Waals surface area contributed by atoms with Crippen LogP contribution in [-0.4, -0.2) is 78.8 Å². The van der Waals surface area contributed by atoms with Gasteiger partial charge in [-0.05, 0) is 56.7 Å². The number of hydrogen-bond donors (Lipinski definition) is 0. The molecule has 0 aromatic heterocycles. The van der Waals surface area contributed by atoms with Crippen molar-refractivity contribution >= 4 is 23.4 Å². The van der Waals surface area contributed by atoms with Crippen LogP contribution in [0.15, 0.2) is 18.2 Å². The molecule has 0 unspecified atom stereocenters. The van der Waals surface area contributed by atoms with E-state index in [1.54, 1.807) is 0 Å². The van der Waals surface area contributed by atoms with E-state index in [2.05, 4.69) is 14.5 Å². The summed E-state index contributed by atoms with van der Waals surface area (Å²) < 4.78 is 94.2. The first-order chi connectivity index (χ1) is 17.3. The Balaban J connectivity index is 1.40. The first-order valence-corrected chi connectivity index (χ1v) is 12.7. The molecule has 0 radical (unpaired) electrons. The number of benzene rings is 1. The molecule has 3 aliphatic heterocycles. The fourth-order valence-corrected chi connectivity index (χ4v) is 5.94. The first kappa shape index (κ1) is 28.1. The molecule has 1 spiro atoms. The predicted molar refractivity (Wildman–Crippen MR) is 123 cm³/mol. The summed E-state index contributed by atoms with van der Waals surface area (Å²) in [5.74, 6) is 0. The number of carbonyl (C=O) groups excluding carboxylic acids is 1. The molecule has 13 heteroatoms. The fourth-order valence-electron chi connectivity index (χ4n) is 5.63. The highest BCUT2D eigenvalue weighted by Crippen LogP contribution is 2.42. The zero-order valence-electron chi connectivity index (χ0n) is 20.1.